The van der Waals surface area contributed by atoms with E-state index in [-0.39, 0.29) is 5.91 Å². The maximum atomic E-state index is 11.4. The van der Waals surface area contributed by atoms with Crippen LogP contribution in [0.25, 0.3) is 0 Å². The van der Waals surface area contributed by atoms with Crippen LogP contribution in [0.2, 0.25) is 0 Å². The maximum Gasteiger partial charge on any atom is 0.240 e. The molecule has 1 amide bonds. The number of carbonyl (C=O) groups excluding carboxylic acids is 1. The summed E-state index contributed by atoms with van der Waals surface area (Å²) in [5, 5.41) is 3.89. The van der Waals surface area contributed by atoms with Crippen molar-refractivity contribution in [2.75, 3.05) is 31.2 Å². The van der Waals surface area contributed by atoms with Crippen molar-refractivity contribution >= 4 is 18.0 Å². The van der Waals surface area contributed by atoms with Crippen LogP contribution >= 0.6 is 0 Å². The number of rotatable bonds is 5. The highest BCUT2D eigenvalue weighted by atomic mass is 16.5. The Morgan fingerprint density at radius 1 is 1.45 bits per heavy atom. The second-order valence-electron chi connectivity index (χ2n) is 5.17. The minimum Gasteiger partial charge on any atom is -0.440 e. The number of hydrazone groups is 1. The van der Waals surface area contributed by atoms with Crippen molar-refractivity contribution in [3.63, 3.8) is 0 Å². The molecule has 2 rings (SSSR count). The molecule has 0 radical (unpaired) electrons. The summed E-state index contributed by atoms with van der Waals surface area (Å²) in [7, 11) is 0. The zero-order chi connectivity index (χ0) is 14.4. The zero-order valence-electron chi connectivity index (χ0n) is 12.0. The van der Waals surface area contributed by atoms with Crippen molar-refractivity contribution in [1.29, 1.82) is 0 Å². The van der Waals surface area contributed by atoms with Crippen molar-refractivity contribution < 1.29 is 13.9 Å². The molecule has 20 heavy (non-hydrogen) atoms. The average Bonchev–Trinajstić information content (AvgIpc) is 2.88. The van der Waals surface area contributed by atoms with Gasteiger partial charge in [-0.2, -0.15) is 5.10 Å². The van der Waals surface area contributed by atoms with Crippen LogP contribution in [0.3, 0.4) is 0 Å². The lowest BCUT2D eigenvalue weighted by Gasteiger charge is -2.26. The molecule has 0 aliphatic carbocycles. The van der Waals surface area contributed by atoms with Crippen molar-refractivity contribution in [3.8, 4) is 0 Å². The molecule has 1 aromatic rings. The maximum absolute atomic E-state index is 11.4. The predicted molar refractivity (Wildman–Crippen MR) is 76.9 cm³/mol. The number of furan rings is 1. The molecule has 2 heterocycles. The number of hydrogen-bond acceptors (Lipinski definition) is 5. The lowest BCUT2D eigenvalue weighted by atomic mass is 10.1. The second kappa shape index (κ2) is 7.09. The molecule has 110 valence electrons. The van der Waals surface area contributed by atoms with Gasteiger partial charge in [0.15, 0.2) is 5.88 Å². The largest absolute Gasteiger partial charge is 0.440 e. The third-order valence-electron chi connectivity index (χ3n) is 2.91. The van der Waals surface area contributed by atoms with Crippen LogP contribution in [0.15, 0.2) is 21.7 Å². The van der Waals surface area contributed by atoms with Crippen LogP contribution in [0.4, 0.5) is 5.88 Å². The van der Waals surface area contributed by atoms with Crippen molar-refractivity contribution in [3.05, 3.63) is 17.9 Å². The predicted octanol–water partition coefficient (Wildman–Crippen LogP) is 1.61. The molecule has 1 aliphatic heterocycles. The van der Waals surface area contributed by atoms with E-state index in [4.69, 9.17) is 9.15 Å². The van der Waals surface area contributed by atoms with Gasteiger partial charge >= 0.3 is 0 Å². The summed E-state index contributed by atoms with van der Waals surface area (Å²) >= 11 is 0. The molecular weight excluding hydrogens is 258 g/mol. The molecule has 0 atom stereocenters. The minimum absolute atomic E-state index is 0.0868. The number of ether oxygens (including phenoxy) is 1. The molecule has 0 spiro atoms. The highest BCUT2D eigenvalue weighted by Crippen LogP contribution is 2.18. The summed E-state index contributed by atoms with van der Waals surface area (Å²) in [6.45, 7) is 7.07. The number of morpholine rings is 1. The Kier molecular flexibility index (Phi) is 5.17. The minimum atomic E-state index is -0.0868. The summed E-state index contributed by atoms with van der Waals surface area (Å²) < 4.78 is 10.9. The first kappa shape index (κ1) is 14.6. The number of carbonyl (C=O) groups is 1. The fourth-order valence-electron chi connectivity index (χ4n) is 1.95. The van der Waals surface area contributed by atoms with Gasteiger partial charge in [-0.1, -0.05) is 13.8 Å². The molecule has 1 aromatic heterocycles. The molecule has 1 saturated heterocycles. The normalized spacial score (nSPS) is 16.1. The Bertz CT molecular complexity index is 462. The molecule has 1 N–H and O–H groups in total. The highest BCUT2D eigenvalue weighted by molar-refractivity contribution is 5.80. The Morgan fingerprint density at radius 2 is 2.20 bits per heavy atom. The quantitative estimate of drug-likeness (QED) is 0.657. The molecule has 1 aliphatic rings. The number of hydrogen-bond donors (Lipinski definition) is 1. The molecule has 0 saturated carbocycles. The standard InChI is InChI=1S/C14H21N3O3/c1-11(2)9-13(18)16-15-10-12-3-4-14(20-12)17-5-7-19-8-6-17/h3-4,10-11H,5-9H2,1-2H3,(H,16,18)/b15-10+. The van der Waals surface area contributed by atoms with Gasteiger partial charge in [-0.05, 0) is 12.0 Å². The third-order valence-corrected chi connectivity index (χ3v) is 2.91. The Hall–Kier alpha value is -1.82. The van der Waals surface area contributed by atoms with Crippen LogP contribution in [-0.2, 0) is 9.53 Å². The Labute approximate surface area is 118 Å². The molecular formula is C14H21N3O3. The first-order valence-electron chi connectivity index (χ1n) is 6.89. The van der Waals surface area contributed by atoms with E-state index in [1.165, 1.54) is 6.21 Å². The van der Waals surface area contributed by atoms with Gasteiger partial charge in [0.2, 0.25) is 5.91 Å². The fourth-order valence-corrected chi connectivity index (χ4v) is 1.95. The van der Waals surface area contributed by atoms with Gasteiger partial charge in [0.05, 0.1) is 19.4 Å². The van der Waals surface area contributed by atoms with E-state index < -0.39 is 0 Å². The molecule has 6 nitrogen and oxygen atoms in total. The lowest BCUT2D eigenvalue weighted by Crippen LogP contribution is -2.35. The second-order valence-corrected chi connectivity index (χ2v) is 5.17. The summed E-state index contributed by atoms with van der Waals surface area (Å²) in [5.41, 5.74) is 2.49. The van der Waals surface area contributed by atoms with E-state index in [0.717, 1.165) is 32.2 Å². The summed E-state index contributed by atoms with van der Waals surface area (Å²) in [6, 6.07) is 3.74. The van der Waals surface area contributed by atoms with Crippen LogP contribution in [0.1, 0.15) is 26.0 Å². The molecule has 0 bridgehead atoms. The van der Waals surface area contributed by atoms with Gasteiger partial charge in [-0.3, -0.25) is 4.79 Å². The van der Waals surface area contributed by atoms with E-state index in [0.29, 0.717) is 18.1 Å². The first-order chi connectivity index (χ1) is 9.65. The van der Waals surface area contributed by atoms with Crippen LogP contribution in [-0.4, -0.2) is 38.4 Å². The number of amides is 1. The van der Waals surface area contributed by atoms with Crippen LogP contribution < -0.4 is 10.3 Å². The Balaban J connectivity index is 1.84. The zero-order valence-corrected chi connectivity index (χ0v) is 12.0. The monoisotopic (exact) mass is 279 g/mol. The molecule has 1 fully saturated rings. The van der Waals surface area contributed by atoms with E-state index in [1.807, 2.05) is 26.0 Å². The van der Waals surface area contributed by atoms with Gasteiger partial charge in [0, 0.05) is 25.6 Å². The van der Waals surface area contributed by atoms with Crippen molar-refractivity contribution in [2.45, 2.75) is 20.3 Å². The van der Waals surface area contributed by atoms with Gasteiger partial charge in [-0.15, -0.1) is 0 Å². The van der Waals surface area contributed by atoms with E-state index in [1.54, 1.807) is 0 Å². The number of nitrogens with zero attached hydrogens (tertiary/aromatic N) is 2. The topological polar surface area (TPSA) is 67.1 Å². The summed E-state index contributed by atoms with van der Waals surface area (Å²) in [6.07, 6.45) is 1.98. The van der Waals surface area contributed by atoms with Gasteiger partial charge in [0.25, 0.3) is 0 Å². The average molecular weight is 279 g/mol. The molecule has 6 heteroatoms. The van der Waals surface area contributed by atoms with Crippen molar-refractivity contribution in [2.24, 2.45) is 11.0 Å². The number of nitrogens with one attached hydrogen (secondary N) is 1. The van der Waals surface area contributed by atoms with Crippen molar-refractivity contribution in [1.82, 2.24) is 5.43 Å². The van der Waals surface area contributed by atoms with Gasteiger partial charge in [-0.25, -0.2) is 5.43 Å². The van der Waals surface area contributed by atoms with Crippen LogP contribution in [0, 0.1) is 5.92 Å². The molecule has 0 aromatic carbocycles. The SMILES string of the molecule is CC(C)CC(=O)N/N=C/c1ccc(N2CCOCC2)o1. The Morgan fingerprint density at radius 3 is 2.90 bits per heavy atom. The number of anilines is 1. The lowest BCUT2D eigenvalue weighted by molar-refractivity contribution is -0.121. The van der Waals surface area contributed by atoms with E-state index in [2.05, 4.69) is 15.4 Å². The van der Waals surface area contributed by atoms with Crippen LogP contribution in [0.5, 0.6) is 0 Å². The first-order valence-corrected chi connectivity index (χ1v) is 6.89. The third kappa shape index (κ3) is 4.38. The van der Waals surface area contributed by atoms with E-state index in [9.17, 15) is 4.79 Å². The van der Waals surface area contributed by atoms with Gasteiger partial charge < -0.3 is 14.1 Å². The molecule has 0 unspecified atom stereocenters. The van der Waals surface area contributed by atoms with Gasteiger partial charge in [0.1, 0.15) is 5.76 Å². The van der Waals surface area contributed by atoms with E-state index >= 15 is 0 Å². The smallest absolute Gasteiger partial charge is 0.240 e. The summed E-state index contributed by atoms with van der Waals surface area (Å²) in [5.74, 6) is 1.66. The highest BCUT2D eigenvalue weighted by Gasteiger charge is 2.14. The fraction of sp³-hybridized carbons (Fsp3) is 0.571. The summed E-state index contributed by atoms with van der Waals surface area (Å²) in [4.78, 5) is 13.5.